The Morgan fingerprint density at radius 3 is 2.37 bits per heavy atom. The number of hydrogen-bond donors (Lipinski definition) is 1. The van der Waals surface area contributed by atoms with Crippen LogP contribution in [0.1, 0.15) is 24.2 Å². The number of anilines is 2. The van der Waals surface area contributed by atoms with Gasteiger partial charge in [0.25, 0.3) is 10.0 Å². The summed E-state index contributed by atoms with van der Waals surface area (Å²) in [5.74, 6) is -0.926. The first-order valence-electron chi connectivity index (χ1n) is 9.49. The van der Waals surface area contributed by atoms with Crippen LogP contribution in [-0.4, -0.2) is 32.9 Å². The minimum atomic E-state index is -3.85. The van der Waals surface area contributed by atoms with E-state index in [0.717, 1.165) is 9.69 Å². The topological polar surface area (TPSA) is 92.8 Å². The largest absolute Gasteiger partial charge is 0.462 e. The van der Waals surface area contributed by atoms with Crippen molar-refractivity contribution in [2.45, 2.75) is 24.8 Å². The van der Waals surface area contributed by atoms with Gasteiger partial charge in [-0.1, -0.05) is 24.3 Å². The van der Waals surface area contributed by atoms with Crippen molar-refractivity contribution in [2.75, 3.05) is 16.2 Å². The van der Waals surface area contributed by atoms with Crippen molar-refractivity contribution in [2.24, 2.45) is 0 Å². The van der Waals surface area contributed by atoms with E-state index in [4.69, 9.17) is 4.74 Å². The standard InChI is InChI=1S/C22H20N2O5S/c1-3-29-22(26)16-10-12-17(13-11-16)23-21(25)14(2)24-18-8-4-6-15-7-5-9-19(20(15)18)30(24,27)28/h4-14H,3H2,1-2H3,(H,23,25)/t14-/m1/s1. The van der Waals surface area contributed by atoms with Gasteiger partial charge in [-0.15, -0.1) is 0 Å². The van der Waals surface area contributed by atoms with Crippen LogP contribution in [0.5, 0.6) is 0 Å². The molecule has 1 N–H and O–H groups in total. The first-order valence-corrected chi connectivity index (χ1v) is 10.9. The molecule has 1 aliphatic heterocycles. The number of nitrogens with one attached hydrogen (secondary N) is 1. The monoisotopic (exact) mass is 424 g/mol. The Bertz CT molecular complexity index is 1250. The molecule has 1 amide bonds. The lowest BCUT2D eigenvalue weighted by atomic mass is 10.1. The normalized spacial score (nSPS) is 15.1. The number of rotatable bonds is 5. The Labute approximate surface area is 174 Å². The van der Waals surface area contributed by atoms with Crippen LogP contribution in [0.15, 0.2) is 65.6 Å². The molecular weight excluding hydrogens is 404 g/mol. The van der Waals surface area contributed by atoms with E-state index in [1.54, 1.807) is 62.4 Å². The molecule has 1 heterocycles. The van der Waals surface area contributed by atoms with Crippen molar-refractivity contribution in [1.82, 2.24) is 0 Å². The number of esters is 1. The van der Waals surface area contributed by atoms with E-state index < -0.39 is 27.9 Å². The molecule has 0 saturated carbocycles. The number of carbonyl (C=O) groups excluding carboxylic acids is 2. The molecule has 3 aromatic carbocycles. The van der Waals surface area contributed by atoms with Gasteiger partial charge in [0.2, 0.25) is 5.91 Å². The molecule has 0 radical (unpaired) electrons. The molecule has 8 heteroatoms. The number of ether oxygens (including phenoxy) is 1. The molecule has 0 bridgehead atoms. The fraction of sp³-hybridized carbons (Fsp3) is 0.182. The van der Waals surface area contributed by atoms with Crippen molar-refractivity contribution >= 4 is 44.0 Å². The van der Waals surface area contributed by atoms with Crippen molar-refractivity contribution in [3.63, 3.8) is 0 Å². The summed E-state index contributed by atoms with van der Waals surface area (Å²) in [6.07, 6.45) is 0. The average molecular weight is 424 g/mol. The van der Waals surface area contributed by atoms with E-state index in [9.17, 15) is 18.0 Å². The highest BCUT2D eigenvalue weighted by molar-refractivity contribution is 7.93. The second-order valence-electron chi connectivity index (χ2n) is 6.90. The van der Waals surface area contributed by atoms with E-state index in [0.29, 0.717) is 22.3 Å². The molecule has 1 aliphatic rings. The second kappa shape index (κ2) is 7.46. The molecule has 4 rings (SSSR count). The van der Waals surface area contributed by atoms with E-state index in [-0.39, 0.29) is 11.5 Å². The molecule has 0 spiro atoms. The third-order valence-corrected chi connectivity index (χ3v) is 6.94. The van der Waals surface area contributed by atoms with Crippen molar-refractivity contribution in [3.8, 4) is 0 Å². The maximum Gasteiger partial charge on any atom is 0.338 e. The first-order chi connectivity index (χ1) is 14.3. The lowest BCUT2D eigenvalue weighted by molar-refractivity contribution is -0.116. The smallest absolute Gasteiger partial charge is 0.338 e. The average Bonchev–Trinajstić information content (AvgIpc) is 2.96. The zero-order valence-corrected chi connectivity index (χ0v) is 17.3. The van der Waals surface area contributed by atoms with Crippen LogP contribution in [0.2, 0.25) is 0 Å². The quantitative estimate of drug-likeness (QED) is 0.633. The van der Waals surface area contributed by atoms with Gasteiger partial charge in [0.05, 0.1) is 22.8 Å². The zero-order chi connectivity index (χ0) is 21.5. The van der Waals surface area contributed by atoms with Gasteiger partial charge in [-0.3, -0.25) is 9.10 Å². The van der Waals surface area contributed by atoms with E-state index >= 15 is 0 Å². The maximum atomic E-state index is 13.1. The Kier molecular flexibility index (Phi) is 4.95. The minimum absolute atomic E-state index is 0.203. The lowest BCUT2D eigenvalue weighted by Crippen LogP contribution is -2.43. The van der Waals surface area contributed by atoms with Gasteiger partial charge in [0, 0.05) is 11.1 Å². The molecule has 0 saturated heterocycles. The first kappa shape index (κ1) is 19.9. The summed E-state index contributed by atoms with van der Waals surface area (Å²) in [6, 6.07) is 15.7. The van der Waals surface area contributed by atoms with Gasteiger partial charge in [0.1, 0.15) is 6.04 Å². The van der Waals surface area contributed by atoms with Crippen LogP contribution in [0.25, 0.3) is 10.8 Å². The fourth-order valence-electron chi connectivity index (χ4n) is 3.60. The Balaban J connectivity index is 1.59. The Morgan fingerprint density at radius 2 is 1.70 bits per heavy atom. The van der Waals surface area contributed by atoms with E-state index in [1.165, 1.54) is 0 Å². The van der Waals surface area contributed by atoms with Gasteiger partial charge in [-0.25, -0.2) is 13.2 Å². The molecule has 7 nitrogen and oxygen atoms in total. The second-order valence-corrected chi connectivity index (χ2v) is 8.68. The van der Waals surface area contributed by atoms with E-state index in [1.807, 2.05) is 12.1 Å². The van der Waals surface area contributed by atoms with Crippen LogP contribution in [-0.2, 0) is 19.6 Å². The van der Waals surface area contributed by atoms with Crippen LogP contribution >= 0.6 is 0 Å². The third kappa shape index (κ3) is 3.19. The Hall–Kier alpha value is -3.39. The van der Waals surface area contributed by atoms with Gasteiger partial charge < -0.3 is 10.1 Å². The molecule has 0 fully saturated rings. The highest BCUT2D eigenvalue weighted by Gasteiger charge is 2.40. The molecule has 154 valence electrons. The summed E-state index contributed by atoms with van der Waals surface area (Å²) in [6.45, 7) is 3.54. The van der Waals surface area contributed by atoms with Gasteiger partial charge >= 0.3 is 5.97 Å². The number of amides is 1. The number of sulfonamides is 1. The molecule has 1 atom stereocenters. The fourth-order valence-corrected chi connectivity index (χ4v) is 5.46. The number of nitrogens with zero attached hydrogens (tertiary/aromatic N) is 1. The summed E-state index contributed by atoms with van der Waals surface area (Å²) in [7, 11) is -3.85. The van der Waals surface area contributed by atoms with Crippen molar-refractivity contribution < 1.29 is 22.7 Å². The molecule has 30 heavy (non-hydrogen) atoms. The molecule has 0 aromatic heterocycles. The molecule has 3 aromatic rings. The zero-order valence-electron chi connectivity index (χ0n) is 16.5. The third-order valence-electron chi connectivity index (χ3n) is 5.01. The van der Waals surface area contributed by atoms with Crippen LogP contribution in [0.4, 0.5) is 11.4 Å². The van der Waals surface area contributed by atoms with Gasteiger partial charge in [0.15, 0.2) is 0 Å². The van der Waals surface area contributed by atoms with Gasteiger partial charge in [-0.2, -0.15) is 0 Å². The summed E-state index contributed by atoms with van der Waals surface area (Å²) >= 11 is 0. The SMILES string of the molecule is CCOC(=O)c1ccc(NC(=O)[C@@H](C)N2c3cccc4cccc(c34)S2(=O)=O)cc1. The summed E-state index contributed by atoms with van der Waals surface area (Å²) in [5.41, 5.74) is 1.31. The highest BCUT2D eigenvalue weighted by atomic mass is 32.2. The van der Waals surface area contributed by atoms with Crippen LogP contribution in [0.3, 0.4) is 0 Å². The number of carbonyl (C=O) groups is 2. The predicted octanol–water partition coefficient (Wildman–Crippen LogP) is 3.55. The van der Waals surface area contributed by atoms with Crippen LogP contribution in [0, 0.1) is 0 Å². The summed E-state index contributed by atoms with van der Waals surface area (Å²) in [5, 5.41) is 4.14. The summed E-state index contributed by atoms with van der Waals surface area (Å²) in [4.78, 5) is 24.8. The minimum Gasteiger partial charge on any atom is -0.462 e. The Morgan fingerprint density at radius 1 is 1.03 bits per heavy atom. The van der Waals surface area contributed by atoms with E-state index in [2.05, 4.69) is 5.32 Å². The lowest BCUT2D eigenvalue weighted by Gasteiger charge is -2.25. The van der Waals surface area contributed by atoms with Gasteiger partial charge in [-0.05, 0) is 55.6 Å². The molecular formula is C22H20N2O5S. The highest BCUT2D eigenvalue weighted by Crippen LogP contribution is 2.43. The van der Waals surface area contributed by atoms with Crippen LogP contribution < -0.4 is 9.62 Å². The summed E-state index contributed by atoms with van der Waals surface area (Å²) < 4.78 is 32.4. The van der Waals surface area contributed by atoms with Crippen molar-refractivity contribution in [3.05, 3.63) is 66.2 Å². The van der Waals surface area contributed by atoms with Crippen molar-refractivity contribution in [1.29, 1.82) is 0 Å². The number of hydrogen-bond acceptors (Lipinski definition) is 5. The maximum absolute atomic E-state index is 13.1. The predicted molar refractivity (Wildman–Crippen MR) is 114 cm³/mol. The molecule has 0 aliphatic carbocycles. The number of benzene rings is 3. The molecule has 0 unspecified atom stereocenters.